The van der Waals surface area contributed by atoms with Gasteiger partial charge in [-0.15, -0.1) is 0 Å². The van der Waals surface area contributed by atoms with Gasteiger partial charge in [0.25, 0.3) is 5.91 Å². The minimum absolute atomic E-state index is 0.0986. The predicted octanol–water partition coefficient (Wildman–Crippen LogP) is 1.67. The van der Waals surface area contributed by atoms with Gasteiger partial charge in [-0.1, -0.05) is 12.8 Å². The lowest BCUT2D eigenvalue weighted by molar-refractivity contribution is -0.144. The molecule has 3 fully saturated rings. The van der Waals surface area contributed by atoms with Crippen molar-refractivity contribution >= 4 is 5.91 Å². The molecule has 0 radical (unpaired) electrons. The predicted molar refractivity (Wildman–Crippen MR) is 73.6 cm³/mol. The van der Waals surface area contributed by atoms with Gasteiger partial charge in [0.05, 0.1) is 6.10 Å². The van der Waals surface area contributed by atoms with E-state index in [0.717, 1.165) is 25.3 Å². The standard InChI is InChI=1S/C15H26N2O2/c16-10-12-7-8-14(19-12)15(18)17-9-3-6-13(17)11-4-1-2-5-11/h11-14H,1-10,16H2. The van der Waals surface area contributed by atoms with Crippen LogP contribution in [0.3, 0.4) is 0 Å². The van der Waals surface area contributed by atoms with E-state index in [9.17, 15) is 4.79 Å². The quantitative estimate of drug-likeness (QED) is 0.845. The summed E-state index contributed by atoms with van der Waals surface area (Å²) in [5.74, 6) is 0.989. The molecular weight excluding hydrogens is 240 g/mol. The lowest BCUT2D eigenvalue weighted by Gasteiger charge is -2.31. The van der Waals surface area contributed by atoms with E-state index in [4.69, 9.17) is 10.5 Å². The molecule has 0 aromatic rings. The fourth-order valence-electron chi connectivity index (χ4n) is 4.14. The van der Waals surface area contributed by atoms with Crippen molar-refractivity contribution in [3.63, 3.8) is 0 Å². The van der Waals surface area contributed by atoms with E-state index in [1.165, 1.54) is 38.5 Å². The Labute approximate surface area is 115 Å². The summed E-state index contributed by atoms with van der Waals surface area (Å²) in [4.78, 5) is 14.8. The lowest BCUT2D eigenvalue weighted by atomic mass is 9.95. The molecule has 0 bridgehead atoms. The van der Waals surface area contributed by atoms with Crippen LogP contribution in [0, 0.1) is 5.92 Å². The van der Waals surface area contributed by atoms with Gasteiger partial charge in [0.1, 0.15) is 6.10 Å². The Morgan fingerprint density at radius 2 is 1.89 bits per heavy atom. The zero-order valence-corrected chi connectivity index (χ0v) is 11.7. The van der Waals surface area contributed by atoms with Gasteiger partial charge < -0.3 is 15.4 Å². The van der Waals surface area contributed by atoms with Gasteiger partial charge in [0, 0.05) is 19.1 Å². The number of amides is 1. The highest BCUT2D eigenvalue weighted by Gasteiger charge is 2.40. The molecule has 1 saturated carbocycles. The number of carbonyl (C=O) groups excluding carboxylic acids is 1. The first-order valence-electron chi connectivity index (χ1n) is 7.95. The van der Waals surface area contributed by atoms with Crippen molar-refractivity contribution in [2.75, 3.05) is 13.1 Å². The molecular formula is C15H26N2O2. The Bertz CT molecular complexity index is 328. The van der Waals surface area contributed by atoms with E-state index in [2.05, 4.69) is 4.90 Å². The van der Waals surface area contributed by atoms with E-state index in [1.807, 2.05) is 0 Å². The van der Waals surface area contributed by atoms with Crippen LogP contribution in [0.4, 0.5) is 0 Å². The highest BCUT2D eigenvalue weighted by atomic mass is 16.5. The van der Waals surface area contributed by atoms with E-state index in [1.54, 1.807) is 0 Å². The van der Waals surface area contributed by atoms with Gasteiger partial charge in [-0.2, -0.15) is 0 Å². The molecule has 2 saturated heterocycles. The molecule has 0 aromatic carbocycles. The van der Waals surface area contributed by atoms with E-state index in [0.29, 0.717) is 12.6 Å². The largest absolute Gasteiger partial charge is 0.364 e. The molecule has 19 heavy (non-hydrogen) atoms. The highest BCUT2D eigenvalue weighted by Crippen LogP contribution is 2.36. The normalized spacial score (nSPS) is 36.3. The van der Waals surface area contributed by atoms with E-state index >= 15 is 0 Å². The Hall–Kier alpha value is -0.610. The van der Waals surface area contributed by atoms with Crippen LogP contribution in [-0.2, 0) is 9.53 Å². The summed E-state index contributed by atoms with van der Waals surface area (Å²) in [7, 11) is 0. The molecule has 3 atom stereocenters. The summed E-state index contributed by atoms with van der Waals surface area (Å²) in [5, 5.41) is 0. The maximum absolute atomic E-state index is 12.6. The van der Waals surface area contributed by atoms with Crippen molar-refractivity contribution < 1.29 is 9.53 Å². The maximum Gasteiger partial charge on any atom is 0.251 e. The molecule has 1 amide bonds. The minimum Gasteiger partial charge on any atom is -0.364 e. The molecule has 3 rings (SSSR count). The van der Waals surface area contributed by atoms with Crippen LogP contribution in [0.1, 0.15) is 51.4 Å². The van der Waals surface area contributed by atoms with Gasteiger partial charge in [-0.05, 0) is 44.4 Å². The van der Waals surface area contributed by atoms with Gasteiger partial charge in [-0.25, -0.2) is 0 Å². The summed E-state index contributed by atoms with van der Waals surface area (Å²) in [5.41, 5.74) is 5.63. The van der Waals surface area contributed by atoms with Crippen LogP contribution in [-0.4, -0.2) is 42.1 Å². The second-order valence-electron chi connectivity index (χ2n) is 6.35. The minimum atomic E-state index is -0.212. The zero-order chi connectivity index (χ0) is 13.2. The fourth-order valence-corrected chi connectivity index (χ4v) is 4.14. The molecule has 2 N–H and O–H groups in total. The third kappa shape index (κ3) is 2.65. The Morgan fingerprint density at radius 1 is 1.11 bits per heavy atom. The number of nitrogens with zero attached hydrogens (tertiary/aromatic N) is 1. The molecule has 2 aliphatic heterocycles. The first-order chi connectivity index (χ1) is 9.29. The summed E-state index contributed by atoms with van der Waals surface area (Å²) >= 11 is 0. The first-order valence-corrected chi connectivity index (χ1v) is 7.95. The third-order valence-electron chi connectivity index (χ3n) is 5.17. The second-order valence-corrected chi connectivity index (χ2v) is 6.35. The number of rotatable bonds is 3. The van der Waals surface area contributed by atoms with Crippen LogP contribution in [0.5, 0.6) is 0 Å². The fraction of sp³-hybridized carbons (Fsp3) is 0.933. The van der Waals surface area contributed by atoms with Crippen LogP contribution in [0.2, 0.25) is 0 Å². The van der Waals surface area contributed by atoms with Gasteiger partial charge in [-0.3, -0.25) is 4.79 Å². The van der Waals surface area contributed by atoms with E-state index < -0.39 is 0 Å². The van der Waals surface area contributed by atoms with Gasteiger partial charge >= 0.3 is 0 Å². The van der Waals surface area contributed by atoms with Crippen molar-refractivity contribution in [1.29, 1.82) is 0 Å². The molecule has 1 aliphatic carbocycles. The lowest BCUT2D eigenvalue weighted by Crippen LogP contribution is -2.45. The number of hydrogen-bond acceptors (Lipinski definition) is 3. The molecule has 0 spiro atoms. The van der Waals surface area contributed by atoms with Crippen molar-refractivity contribution in [1.82, 2.24) is 4.90 Å². The summed E-state index contributed by atoms with van der Waals surface area (Å²) < 4.78 is 5.78. The van der Waals surface area contributed by atoms with Gasteiger partial charge in [0.2, 0.25) is 0 Å². The molecule has 4 heteroatoms. The topological polar surface area (TPSA) is 55.6 Å². The first kappa shape index (κ1) is 13.4. The van der Waals surface area contributed by atoms with Crippen molar-refractivity contribution in [2.45, 2.75) is 69.6 Å². The Morgan fingerprint density at radius 3 is 2.58 bits per heavy atom. The van der Waals surface area contributed by atoms with Crippen molar-refractivity contribution in [3.05, 3.63) is 0 Å². The SMILES string of the molecule is NCC1CCC(C(=O)N2CCCC2C2CCCC2)O1. The number of carbonyl (C=O) groups is 1. The molecule has 4 nitrogen and oxygen atoms in total. The van der Waals surface area contributed by atoms with Crippen LogP contribution >= 0.6 is 0 Å². The number of nitrogens with two attached hydrogens (primary N) is 1. The average Bonchev–Trinajstić information content (AvgIpc) is 3.16. The third-order valence-corrected chi connectivity index (χ3v) is 5.17. The second kappa shape index (κ2) is 5.80. The van der Waals surface area contributed by atoms with Gasteiger partial charge in [0.15, 0.2) is 0 Å². The monoisotopic (exact) mass is 266 g/mol. The molecule has 108 valence electrons. The Kier molecular flexibility index (Phi) is 4.08. The number of ether oxygens (including phenoxy) is 1. The molecule has 3 unspecified atom stereocenters. The van der Waals surface area contributed by atoms with Crippen LogP contribution < -0.4 is 5.73 Å². The number of likely N-dealkylation sites (tertiary alicyclic amines) is 1. The zero-order valence-electron chi connectivity index (χ0n) is 11.7. The van der Waals surface area contributed by atoms with Crippen molar-refractivity contribution in [2.24, 2.45) is 11.7 Å². The molecule has 3 aliphatic rings. The molecule has 2 heterocycles. The molecule has 0 aromatic heterocycles. The summed E-state index contributed by atoms with van der Waals surface area (Å²) in [6, 6.07) is 0.496. The summed E-state index contributed by atoms with van der Waals surface area (Å²) in [6.07, 6.45) is 9.36. The van der Waals surface area contributed by atoms with Crippen LogP contribution in [0.15, 0.2) is 0 Å². The average molecular weight is 266 g/mol. The van der Waals surface area contributed by atoms with Crippen LogP contribution in [0.25, 0.3) is 0 Å². The van der Waals surface area contributed by atoms with E-state index in [-0.39, 0.29) is 18.1 Å². The maximum atomic E-state index is 12.6. The summed E-state index contributed by atoms with van der Waals surface area (Å²) in [6.45, 7) is 1.48. The van der Waals surface area contributed by atoms with Crippen molar-refractivity contribution in [3.8, 4) is 0 Å². The highest BCUT2D eigenvalue weighted by molar-refractivity contribution is 5.81. The Balaban J connectivity index is 1.62. The number of hydrogen-bond donors (Lipinski definition) is 1. The smallest absolute Gasteiger partial charge is 0.251 e.